The molecule has 0 aliphatic heterocycles. The van der Waals surface area contributed by atoms with Gasteiger partial charge in [0.2, 0.25) is 5.91 Å². The van der Waals surface area contributed by atoms with Gasteiger partial charge in [0.1, 0.15) is 30.7 Å². The standard InChI is InChI=1S/C19H18FN5O2/c1-11-2-4-13-15(6-11)24-17(22-13)8-21-19(26)10-27-9-18-23-14-5-3-12(20)7-16(14)25-18/h2-7H,8-10H2,1H3,(H,21,26)(H,22,24)(H,23,25). The van der Waals surface area contributed by atoms with E-state index in [9.17, 15) is 9.18 Å². The second kappa shape index (κ2) is 7.16. The van der Waals surface area contributed by atoms with Crippen molar-refractivity contribution in [3.63, 3.8) is 0 Å². The van der Waals surface area contributed by atoms with Gasteiger partial charge in [0.15, 0.2) is 0 Å². The topological polar surface area (TPSA) is 95.7 Å². The van der Waals surface area contributed by atoms with Gasteiger partial charge in [0.05, 0.1) is 28.6 Å². The molecule has 0 saturated carbocycles. The largest absolute Gasteiger partial charge is 0.364 e. The summed E-state index contributed by atoms with van der Waals surface area (Å²) in [6.45, 7) is 2.33. The number of amides is 1. The molecule has 0 bridgehead atoms. The maximum absolute atomic E-state index is 13.2. The lowest BCUT2D eigenvalue weighted by Crippen LogP contribution is -2.27. The fraction of sp³-hybridized carbons (Fsp3) is 0.211. The van der Waals surface area contributed by atoms with Crippen LogP contribution in [0.1, 0.15) is 17.2 Å². The Morgan fingerprint density at radius 1 is 1.07 bits per heavy atom. The molecule has 4 rings (SSSR count). The van der Waals surface area contributed by atoms with Crippen LogP contribution in [-0.4, -0.2) is 32.4 Å². The maximum Gasteiger partial charge on any atom is 0.246 e. The fourth-order valence-corrected chi connectivity index (χ4v) is 2.84. The summed E-state index contributed by atoms with van der Waals surface area (Å²) in [4.78, 5) is 26.8. The van der Waals surface area contributed by atoms with E-state index in [0.717, 1.165) is 16.6 Å². The molecule has 0 radical (unpaired) electrons. The van der Waals surface area contributed by atoms with Crippen LogP contribution in [-0.2, 0) is 22.7 Å². The van der Waals surface area contributed by atoms with E-state index in [-0.39, 0.29) is 24.9 Å². The highest BCUT2D eigenvalue weighted by molar-refractivity contribution is 5.78. The van der Waals surface area contributed by atoms with Gasteiger partial charge in [-0.1, -0.05) is 6.07 Å². The van der Waals surface area contributed by atoms with Crippen molar-refractivity contribution in [1.82, 2.24) is 25.3 Å². The number of hydrogen-bond donors (Lipinski definition) is 3. The number of H-pyrrole nitrogens is 2. The number of aromatic amines is 2. The van der Waals surface area contributed by atoms with Crippen LogP contribution < -0.4 is 5.32 Å². The molecule has 0 aliphatic carbocycles. The number of nitrogens with one attached hydrogen (secondary N) is 3. The van der Waals surface area contributed by atoms with E-state index in [1.54, 1.807) is 6.07 Å². The molecule has 2 aromatic heterocycles. The summed E-state index contributed by atoms with van der Waals surface area (Å²) in [6, 6.07) is 10.2. The number of halogens is 1. The van der Waals surface area contributed by atoms with E-state index < -0.39 is 0 Å². The van der Waals surface area contributed by atoms with Crippen molar-refractivity contribution in [3.05, 3.63) is 59.4 Å². The molecule has 2 aromatic carbocycles. The van der Waals surface area contributed by atoms with Gasteiger partial charge in [0.25, 0.3) is 0 Å². The van der Waals surface area contributed by atoms with E-state index >= 15 is 0 Å². The molecule has 0 saturated heterocycles. The Hall–Kier alpha value is -3.26. The quantitative estimate of drug-likeness (QED) is 0.488. The van der Waals surface area contributed by atoms with Gasteiger partial charge in [-0.15, -0.1) is 0 Å². The number of imidazole rings is 2. The molecule has 0 spiro atoms. The zero-order valence-corrected chi connectivity index (χ0v) is 14.7. The van der Waals surface area contributed by atoms with Crippen molar-refractivity contribution in [3.8, 4) is 0 Å². The van der Waals surface area contributed by atoms with Gasteiger partial charge in [-0.3, -0.25) is 4.79 Å². The minimum Gasteiger partial charge on any atom is -0.364 e. The molecule has 0 unspecified atom stereocenters. The zero-order chi connectivity index (χ0) is 18.8. The normalized spacial score (nSPS) is 11.3. The Labute approximate surface area is 154 Å². The van der Waals surface area contributed by atoms with Crippen LogP contribution >= 0.6 is 0 Å². The van der Waals surface area contributed by atoms with E-state index in [1.165, 1.54) is 12.1 Å². The van der Waals surface area contributed by atoms with Crippen molar-refractivity contribution < 1.29 is 13.9 Å². The molecule has 1 amide bonds. The molecule has 27 heavy (non-hydrogen) atoms. The first-order valence-corrected chi connectivity index (χ1v) is 8.51. The smallest absolute Gasteiger partial charge is 0.246 e. The summed E-state index contributed by atoms with van der Waals surface area (Å²) < 4.78 is 18.6. The Kier molecular flexibility index (Phi) is 4.55. The number of ether oxygens (including phenoxy) is 1. The van der Waals surface area contributed by atoms with Crippen LogP contribution in [0, 0.1) is 12.7 Å². The summed E-state index contributed by atoms with van der Waals surface area (Å²) >= 11 is 0. The van der Waals surface area contributed by atoms with E-state index in [2.05, 4.69) is 25.3 Å². The molecule has 3 N–H and O–H groups in total. The number of benzene rings is 2. The first-order chi connectivity index (χ1) is 13.1. The summed E-state index contributed by atoms with van der Waals surface area (Å²) in [5.41, 5.74) is 4.19. The molecule has 0 atom stereocenters. The van der Waals surface area contributed by atoms with Crippen LogP contribution in [0.5, 0.6) is 0 Å². The number of rotatable bonds is 6. The maximum atomic E-state index is 13.2. The number of nitrogens with zero attached hydrogens (tertiary/aromatic N) is 2. The molecule has 8 heteroatoms. The minimum absolute atomic E-state index is 0.106. The van der Waals surface area contributed by atoms with Crippen molar-refractivity contribution >= 4 is 28.0 Å². The number of fused-ring (bicyclic) bond motifs is 2. The lowest BCUT2D eigenvalue weighted by molar-refractivity contribution is -0.126. The number of aromatic nitrogens is 4. The highest BCUT2D eigenvalue weighted by Gasteiger charge is 2.08. The first-order valence-electron chi connectivity index (χ1n) is 8.51. The van der Waals surface area contributed by atoms with Gasteiger partial charge in [-0.2, -0.15) is 0 Å². The number of carbonyl (C=O) groups excluding carboxylic acids is 1. The van der Waals surface area contributed by atoms with Gasteiger partial charge in [-0.05, 0) is 42.8 Å². The highest BCUT2D eigenvalue weighted by atomic mass is 19.1. The fourth-order valence-electron chi connectivity index (χ4n) is 2.84. The molecule has 0 aliphatic rings. The van der Waals surface area contributed by atoms with Crippen molar-refractivity contribution in [2.75, 3.05) is 6.61 Å². The second-order valence-corrected chi connectivity index (χ2v) is 6.32. The molecule has 4 aromatic rings. The number of hydrogen-bond acceptors (Lipinski definition) is 4. The minimum atomic E-state index is -0.334. The summed E-state index contributed by atoms with van der Waals surface area (Å²) in [5.74, 6) is 0.631. The average Bonchev–Trinajstić information content (AvgIpc) is 3.22. The van der Waals surface area contributed by atoms with Gasteiger partial charge >= 0.3 is 0 Å². The number of aryl methyl sites for hydroxylation is 1. The van der Waals surface area contributed by atoms with Crippen molar-refractivity contribution in [2.45, 2.75) is 20.1 Å². The third kappa shape index (κ3) is 3.95. The lowest BCUT2D eigenvalue weighted by atomic mass is 10.2. The average molecular weight is 367 g/mol. The SMILES string of the molecule is Cc1ccc2nc(CNC(=O)COCc3nc4ccc(F)cc4[nH]3)[nH]c2c1. The Balaban J connectivity index is 1.27. The summed E-state index contributed by atoms with van der Waals surface area (Å²) in [6.07, 6.45) is 0. The van der Waals surface area contributed by atoms with Crippen molar-refractivity contribution in [1.29, 1.82) is 0 Å². The Morgan fingerprint density at radius 2 is 1.78 bits per heavy atom. The molecule has 138 valence electrons. The third-order valence-electron chi connectivity index (χ3n) is 4.10. The second-order valence-electron chi connectivity index (χ2n) is 6.32. The van der Waals surface area contributed by atoms with E-state index in [0.29, 0.717) is 29.2 Å². The molecule has 7 nitrogen and oxygen atoms in total. The zero-order valence-electron chi connectivity index (χ0n) is 14.7. The van der Waals surface area contributed by atoms with Gasteiger partial charge in [-0.25, -0.2) is 14.4 Å². The Bertz CT molecular complexity index is 1120. The first kappa shape index (κ1) is 17.2. The van der Waals surface area contributed by atoms with Crippen LogP contribution in [0.15, 0.2) is 36.4 Å². The van der Waals surface area contributed by atoms with Crippen LogP contribution in [0.25, 0.3) is 22.1 Å². The van der Waals surface area contributed by atoms with Crippen LogP contribution in [0.4, 0.5) is 4.39 Å². The lowest BCUT2D eigenvalue weighted by Gasteiger charge is -2.03. The summed E-state index contributed by atoms with van der Waals surface area (Å²) in [7, 11) is 0. The van der Waals surface area contributed by atoms with Crippen molar-refractivity contribution in [2.24, 2.45) is 0 Å². The molecular weight excluding hydrogens is 349 g/mol. The highest BCUT2D eigenvalue weighted by Crippen LogP contribution is 2.14. The summed E-state index contributed by atoms with van der Waals surface area (Å²) in [5, 5.41) is 2.76. The van der Waals surface area contributed by atoms with Crippen LogP contribution in [0.3, 0.4) is 0 Å². The van der Waals surface area contributed by atoms with Gasteiger partial charge in [0, 0.05) is 0 Å². The predicted octanol–water partition coefficient (Wildman–Crippen LogP) is 2.72. The molecule has 0 fully saturated rings. The van der Waals surface area contributed by atoms with Crippen LogP contribution in [0.2, 0.25) is 0 Å². The number of carbonyl (C=O) groups is 1. The Morgan fingerprint density at radius 3 is 2.63 bits per heavy atom. The predicted molar refractivity (Wildman–Crippen MR) is 98.4 cm³/mol. The van der Waals surface area contributed by atoms with E-state index in [1.807, 2.05) is 25.1 Å². The van der Waals surface area contributed by atoms with Gasteiger partial charge < -0.3 is 20.0 Å². The molecule has 2 heterocycles. The molecular formula is C19H18FN5O2. The third-order valence-corrected chi connectivity index (χ3v) is 4.10. The van der Waals surface area contributed by atoms with E-state index in [4.69, 9.17) is 4.74 Å². The monoisotopic (exact) mass is 367 g/mol.